The molecule has 2 heterocycles. The van der Waals surface area contributed by atoms with Gasteiger partial charge in [-0.3, -0.25) is 9.48 Å². The summed E-state index contributed by atoms with van der Waals surface area (Å²) in [5, 5.41) is 5.18. The molecule has 4 nitrogen and oxygen atoms in total. The van der Waals surface area contributed by atoms with E-state index >= 15 is 0 Å². The van der Waals surface area contributed by atoms with Gasteiger partial charge in [0.15, 0.2) is 0 Å². The number of carbonyl (C=O) groups is 1. The predicted octanol–water partition coefficient (Wildman–Crippen LogP) is 4.08. The second-order valence-electron chi connectivity index (χ2n) is 6.29. The van der Waals surface area contributed by atoms with Crippen molar-refractivity contribution in [2.75, 3.05) is 6.54 Å². The molecular weight excluding hydrogens is 310 g/mol. The van der Waals surface area contributed by atoms with Crippen LogP contribution in [0.4, 0.5) is 0 Å². The van der Waals surface area contributed by atoms with Crippen LogP contribution in [-0.4, -0.2) is 27.1 Å². The molecule has 5 heteroatoms. The molecule has 1 saturated heterocycles. The van der Waals surface area contributed by atoms with Gasteiger partial charge in [0.05, 0.1) is 11.7 Å². The summed E-state index contributed by atoms with van der Waals surface area (Å²) in [7, 11) is 0. The van der Waals surface area contributed by atoms with E-state index in [4.69, 9.17) is 11.6 Å². The molecule has 3 rings (SSSR count). The lowest BCUT2D eigenvalue weighted by molar-refractivity contribution is -0.135. The van der Waals surface area contributed by atoms with Gasteiger partial charge in [-0.2, -0.15) is 5.10 Å². The van der Waals surface area contributed by atoms with Gasteiger partial charge in [-0.15, -0.1) is 0 Å². The van der Waals surface area contributed by atoms with E-state index in [2.05, 4.69) is 11.2 Å². The summed E-state index contributed by atoms with van der Waals surface area (Å²) in [4.78, 5) is 15.0. The van der Waals surface area contributed by atoms with Gasteiger partial charge in [-0.1, -0.05) is 23.7 Å². The maximum atomic E-state index is 13.0. The van der Waals surface area contributed by atoms with Gasteiger partial charge >= 0.3 is 0 Å². The Kier molecular flexibility index (Phi) is 4.44. The van der Waals surface area contributed by atoms with Crippen LogP contribution < -0.4 is 0 Å². The number of aryl methyl sites for hydroxylation is 2. The minimum Gasteiger partial charge on any atom is -0.334 e. The van der Waals surface area contributed by atoms with Crippen molar-refractivity contribution in [2.45, 2.75) is 45.7 Å². The molecule has 1 amide bonds. The summed E-state index contributed by atoms with van der Waals surface area (Å²) in [6.45, 7) is 6.66. The second kappa shape index (κ2) is 6.36. The van der Waals surface area contributed by atoms with Crippen molar-refractivity contribution in [1.82, 2.24) is 14.7 Å². The number of benzene rings is 1. The Morgan fingerprint density at radius 1 is 1.35 bits per heavy atom. The fourth-order valence-corrected chi connectivity index (χ4v) is 3.67. The smallest absolute Gasteiger partial charge is 0.247 e. The lowest BCUT2D eigenvalue weighted by atomic mass is 10.0. The van der Waals surface area contributed by atoms with Crippen molar-refractivity contribution in [2.24, 2.45) is 0 Å². The van der Waals surface area contributed by atoms with Crippen LogP contribution in [0.15, 0.2) is 30.3 Å². The van der Waals surface area contributed by atoms with Crippen LogP contribution in [0, 0.1) is 13.8 Å². The summed E-state index contributed by atoms with van der Waals surface area (Å²) in [5.41, 5.74) is 3.07. The summed E-state index contributed by atoms with van der Waals surface area (Å²) >= 11 is 6.11. The Bertz CT molecular complexity index is 725. The molecule has 0 spiro atoms. The Morgan fingerprint density at radius 2 is 2.13 bits per heavy atom. The lowest BCUT2D eigenvalue weighted by Gasteiger charge is -2.28. The van der Waals surface area contributed by atoms with Crippen molar-refractivity contribution in [3.63, 3.8) is 0 Å². The summed E-state index contributed by atoms with van der Waals surface area (Å²) in [6.07, 6.45) is 2.00. The highest BCUT2D eigenvalue weighted by Crippen LogP contribution is 2.34. The first-order chi connectivity index (χ1) is 11.0. The van der Waals surface area contributed by atoms with Gasteiger partial charge in [0.1, 0.15) is 6.04 Å². The molecule has 0 N–H and O–H groups in total. The molecule has 0 aliphatic carbocycles. The van der Waals surface area contributed by atoms with Crippen molar-refractivity contribution >= 4 is 17.5 Å². The quantitative estimate of drug-likeness (QED) is 0.850. The van der Waals surface area contributed by atoms with Gasteiger partial charge in [-0.25, -0.2) is 0 Å². The predicted molar refractivity (Wildman–Crippen MR) is 91.6 cm³/mol. The SMILES string of the molecule is Cc1cc(C)n(C(C)C(=O)N2CCCC2c2cccc(Cl)c2)n1. The molecule has 0 saturated carbocycles. The van der Waals surface area contributed by atoms with E-state index in [1.807, 2.05) is 54.6 Å². The molecule has 1 aliphatic heterocycles. The van der Waals surface area contributed by atoms with E-state index in [0.29, 0.717) is 5.02 Å². The lowest BCUT2D eigenvalue weighted by Crippen LogP contribution is -2.36. The zero-order valence-corrected chi connectivity index (χ0v) is 14.5. The molecule has 1 fully saturated rings. The first-order valence-electron chi connectivity index (χ1n) is 8.06. The van der Waals surface area contributed by atoms with Crippen LogP contribution >= 0.6 is 11.6 Å². The number of nitrogens with zero attached hydrogens (tertiary/aromatic N) is 3. The van der Waals surface area contributed by atoms with Crippen LogP contribution in [0.25, 0.3) is 0 Å². The minimum atomic E-state index is -0.288. The van der Waals surface area contributed by atoms with Crippen LogP contribution in [0.3, 0.4) is 0 Å². The third kappa shape index (κ3) is 3.13. The monoisotopic (exact) mass is 331 g/mol. The number of aromatic nitrogens is 2. The molecule has 122 valence electrons. The van der Waals surface area contributed by atoms with Gasteiger partial charge < -0.3 is 4.90 Å². The fraction of sp³-hybridized carbons (Fsp3) is 0.444. The van der Waals surface area contributed by atoms with Crippen LogP contribution in [0.1, 0.15) is 48.8 Å². The van der Waals surface area contributed by atoms with E-state index in [9.17, 15) is 4.79 Å². The van der Waals surface area contributed by atoms with E-state index < -0.39 is 0 Å². The normalized spacial score (nSPS) is 19.1. The van der Waals surface area contributed by atoms with Crippen molar-refractivity contribution in [1.29, 1.82) is 0 Å². The third-order valence-corrected chi connectivity index (χ3v) is 4.77. The topological polar surface area (TPSA) is 38.1 Å². The molecule has 2 atom stereocenters. The highest BCUT2D eigenvalue weighted by Gasteiger charge is 2.33. The number of hydrogen-bond donors (Lipinski definition) is 0. The van der Waals surface area contributed by atoms with Crippen molar-refractivity contribution < 1.29 is 4.79 Å². The van der Waals surface area contributed by atoms with E-state index in [0.717, 1.165) is 36.3 Å². The average molecular weight is 332 g/mol. The summed E-state index contributed by atoms with van der Waals surface area (Å²) in [5.74, 6) is 0.124. The molecule has 2 unspecified atom stereocenters. The largest absolute Gasteiger partial charge is 0.334 e. The molecule has 23 heavy (non-hydrogen) atoms. The van der Waals surface area contributed by atoms with E-state index in [1.54, 1.807) is 0 Å². The number of amides is 1. The van der Waals surface area contributed by atoms with Crippen molar-refractivity contribution in [3.05, 3.63) is 52.3 Å². The van der Waals surface area contributed by atoms with Gasteiger partial charge in [0.2, 0.25) is 5.91 Å². The molecule has 0 radical (unpaired) electrons. The first-order valence-corrected chi connectivity index (χ1v) is 8.44. The number of likely N-dealkylation sites (tertiary alicyclic amines) is 1. The van der Waals surface area contributed by atoms with Crippen LogP contribution in [0.2, 0.25) is 5.02 Å². The molecule has 1 aromatic heterocycles. The molecule has 2 aromatic rings. The highest BCUT2D eigenvalue weighted by molar-refractivity contribution is 6.30. The molecule has 1 aromatic carbocycles. The Morgan fingerprint density at radius 3 is 2.78 bits per heavy atom. The van der Waals surface area contributed by atoms with Crippen molar-refractivity contribution in [3.8, 4) is 0 Å². The summed E-state index contributed by atoms with van der Waals surface area (Å²) in [6, 6.07) is 9.65. The molecule has 1 aliphatic rings. The average Bonchev–Trinajstić information content (AvgIpc) is 3.12. The number of halogens is 1. The number of rotatable bonds is 3. The molecular formula is C18H22ClN3O. The first kappa shape index (κ1) is 16.1. The standard InChI is InChI=1S/C18H22ClN3O/c1-12-10-13(2)22(20-12)14(3)18(23)21-9-5-8-17(21)15-6-4-7-16(19)11-15/h4,6-7,10-11,14,17H,5,8-9H2,1-3H3. The fourth-order valence-electron chi connectivity index (χ4n) is 3.47. The van der Waals surface area contributed by atoms with Gasteiger partial charge in [0.25, 0.3) is 0 Å². The Labute approximate surface area is 142 Å². The Hall–Kier alpha value is -1.81. The highest BCUT2D eigenvalue weighted by atomic mass is 35.5. The Balaban J connectivity index is 1.84. The van der Waals surface area contributed by atoms with Crippen LogP contribution in [0.5, 0.6) is 0 Å². The third-order valence-electron chi connectivity index (χ3n) is 4.54. The van der Waals surface area contributed by atoms with Gasteiger partial charge in [-0.05, 0) is 57.4 Å². The minimum absolute atomic E-state index is 0.112. The zero-order chi connectivity index (χ0) is 16.6. The molecule has 0 bridgehead atoms. The summed E-state index contributed by atoms with van der Waals surface area (Å²) < 4.78 is 1.82. The van der Waals surface area contributed by atoms with Crippen LogP contribution in [-0.2, 0) is 4.79 Å². The van der Waals surface area contributed by atoms with E-state index in [1.165, 1.54) is 0 Å². The van der Waals surface area contributed by atoms with E-state index in [-0.39, 0.29) is 18.0 Å². The second-order valence-corrected chi connectivity index (χ2v) is 6.73. The number of carbonyl (C=O) groups excluding carboxylic acids is 1. The number of hydrogen-bond acceptors (Lipinski definition) is 2. The van der Waals surface area contributed by atoms with Gasteiger partial charge in [0, 0.05) is 17.3 Å². The maximum absolute atomic E-state index is 13.0. The zero-order valence-electron chi connectivity index (χ0n) is 13.8. The maximum Gasteiger partial charge on any atom is 0.247 e.